The number of unbranched alkanes of at least 4 members (excludes halogenated alkanes) is 22. The van der Waals surface area contributed by atoms with Crippen molar-refractivity contribution in [3.63, 3.8) is 0 Å². The van der Waals surface area contributed by atoms with Crippen LogP contribution in [0, 0.1) is 0 Å². The highest BCUT2D eigenvalue weighted by molar-refractivity contribution is 7.47. The minimum atomic E-state index is -5.00. The number of aliphatic hydroxyl groups excluding tert-OH is 1. The van der Waals surface area contributed by atoms with Crippen molar-refractivity contribution in [3.8, 4) is 0 Å². The van der Waals surface area contributed by atoms with Crippen LogP contribution in [0.2, 0.25) is 0 Å². The van der Waals surface area contributed by atoms with Gasteiger partial charge < -0.3 is 33.8 Å². The molecule has 0 fully saturated rings. The Morgan fingerprint density at radius 2 is 0.592 bits per heavy atom. The van der Waals surface area contributed by atoms with Gasteiger partial charge >= 0.3 is 39.5 Å². The average Bonchev–Trinajstić information content (AvgIpc) is 1.04. The highest BCUT2D eigenvalue weighted by Gasteiger charge is 2.30. The molecule has 560 valence electrons. The second-order valence-electron chi connectivity index (χ2n) is 24.5. The molecule has 0 aromatic heterocycles. The Kier molecular flexibility index (Phi) is 67.2. The number of phosphoric acid groups is 2. The van der Waals surface area contributed by atoms with Crippen LogP contribution in [-0.4, -0.2) is 96.7 Å². The van der Waals surface area contributed by atoms with E-state index in [4.69, 9.17) is 37.0 Å². The van der Waals surface area contributed by atoms with E-state index in [0.717, 1.165) is 167 Å². The highest BCUT2D eigenvalue weighted by Crippen LogP contribution is 2.45. The van der Waals surface area contributed by atoms with Gasteiger partial charge in [0.05, 0.1) is 32.8 Å². The summed E-state index contributed by atoms with van der Waals surface area (Å²) in [5, 5.41) is 10.6. The maximum absolute atomic E-state index is 13.1. The normalized spacial score (nSPS) is 14.7. The Morgan fingerprint density at radius 3 is 0.949 bits per heavy atom. The summed E-state index contributed by atoms with van der Waals surface area (Å²) in [4.78, 5) is 72.7. The summed E-state index contributed by atoms with van der Waals surface area (Å²) in [6, 6.07) is 0. The van der Waals surface area contributed by atoms with Gasteiger partial charge in [-0.05, 0) is 141 Å². The summed E-state index contributed by atoms with van der Waals surface area (Å²) in [6.07, 6.45) is 77.6. The Hall–Kier alpha value is -4.80. The van der Waals surface area contributed by atoms with Crippen LogP contribution in [0.1, 0.15) is 285 Å². The van der Waals surface area contributed by atoms with Gasteiger partial charge in [0.2, 0.25) is 0 Å². The summed E-state index contributed by atoms with van der Waals surface area (Å²) in [5.74, 6) is -2.37. The molecule has 0 aliphatic heterocycles. The van der Waals surface area contributed by atoms with Crippen molar-refractivity contribution in [2.24, 2.45) is 0 Å². The van der Waals surface area contributed by atoms with E-state index in [1.165, 1.54) is 38.5 Å². The zero-order valence-electron chi connectivity index (χ0n) is 60.9. The van der Waals surface area contributed by atoms with E-state index in [-0.39, 0.29) is 25.7 Å². The zero-order valence-corrected chi connectivity index (χ0v) is 62.7. The predicted molar refractivity (Wildman–Crippen MR) is 399 cm³/mol. The molecule has 5 unspecified atom stereocenters. The second kappa shape index (κ2) is 70.6. The topological polar surface area (TPSA) is 237 Å². The van der Waals surface area contributed by atoms with Crippen molar-refractivity contribution in [3.05, 3.63) is 134 Å². The number of hydrogen-bond donors (Lipinski definition) is 3. The summed E-state index contributed by atoms with van der Waals surface area (Å²) >= 11 is 0. The van der Waals surface area contributed by atoms with Crippen molar-refractivity contribution in [2.75, 3.05) is 39.6 Å². The third-order valence-corrected chi connectivity index (χ3v) is 17.0. The van der Waals surface area contributed by atoms with Crippen molar-refractivity contribution in [2.45, 2.75) is 303 Å². The van der Waals surface area contributed by atoms with E-state index in [0.29, 0.717) is 25.7 Å². The monoisotopic (exact) mass is 1410 g/mol. The second-order valence-corrected chi connectivity index (χ2v) is 27.4. The van der Waals surface area contributed by atoms with Crippen LogP contribution in [0.4, 0.5) is 0 Å². The first-order valence-electron chi connectivity index (χ1n) is 37.4. The lowest BCUT2D eigenvalue weighted by molar-refractivity contribution is -0.161. The number of aliphatic hydroxyl groups is 1. The molecular weight excluding hydrogens is 1280 g/mol. The molecule has 98 heavy (non-hydrogen) atoms. The molecule has 5 atom stereocenters. The van der Waals surface area contributed by atoms with E-state index >= 15 is 0 Å². The molecule has 0 radical (unpaired) electrons. The van der Waals surface area contributed by atoms with Gasteiger partial charge in [-0.1, -0.05) is 251 Å². The van der Waals surface area contributed by atoms with Crippen LogP contribution in [0.15, 0.2) is 134 Å². The first kappa shape index (κ1) is 93.2. The molecule has 0 saturated heterocycles. The fourth-order valence-corrected chi connectivity index (χ4v) is 11.0. The Labute approximate surface area is 593 Å². The van der Waals surface area contributed by atoms with Crippen molar-refractivity contribution in [1.82, 2.24) is 0 Å². The fourth-order valence-electron chi connectivity index (χ4n) is 9.39. The Balaban J connectivity index is 5.45. The van der Waals surface area contributed by atoms with Gasteiger partial charge in [-0.15, -0.1) is 0 Å². The third-order valence-electron chi connectivity index (χ3n) is 15.1. The van der Waals surface area contributed by atoms with Crippen molar-refractivity contribution >= 4 is 39.5 Å². The number of carbonyl (C=O) groups excluding carboxylic acids is 4. The van der Waals surface area contributed by atoms with Gasteiger partial charge in [0, 0.05) is 19.3 Å². The molecule has 0 spiro atoms. The van der Waals surface area contributed by atoms with Crippen LogP contribution >= 0.6 is 15.6 Å². The maximum atomic E-state index is 13.1. The van der Waals surface area contributed by atoms with Crippen LogP contribution < -0.4 is 0 Å². The van der Waals surface area contributed by atoms with Crippen LogP contribution in [0.5, 0.6) is 0 Å². The number of hydrogen-bond acceptors (Lipinski definition) is 15. The molecule has 0 amide bonds. The number of rotatable bonds is 69. The minimum absolute atomic E-state index is 0.0558. The lowest BCUT2D eigenvalue weighted by Crippen LogP contribution is -2.30. The summed E-state index contributed by atoms with van der Waals surface area (Å²) in [7, 11) is -9.99. The maximum Gasteiger partial charge on any atom is 0.472 e. The SMILES string of the molecule is CC/C=C\C/C=C\C/C=C\C/C=C\C/C=C\CC(=O)OCC(COP(=O)(O)OCC(O)COP(=O)(O)OCC(COC(=O)CCCCCCC/C=C\C/C=C\CCCCC)OC(=O)CCCCCCC/C=C\C/C=C\CCC)OC(=O)CCCCCCC/C=C\C/C=C\CCCCC. The summed E-state index contributed by atoms with van der Waals surface area (Å²) in [6.45, 7) is 4.46. The Bertz CT molecular complexity index is 2380. The largest absolute Gasteiger partial charge is 0.472 e. The molecule has 17 nitrogen and oxygen atoms in total. The van der Waals surface area contributed by atoms with Gasteiger partial charge in [0.25, 0.3) is 0 Å². The number of esters is 4. The Morgan fingerprint density at radius 1 is 0.306 bits per heavy atom. The first-order valence-corrected chi connectivity index (χ1v) is 40.4. The minimum Gasteiger partial charge on any atom is -0.462 e. The van der Waals surface area contributed by atoms with Crippen LogP contribution in [0.25, 0.3) is 0 Å². The summed E-state index contributed by atoms with van der Waals surface area (Å²) in [5.41, 5.74) is 0. The van der Waals surface area contributed by atoms with E-state index in [1.54, 1.807) is 6.08 Å². The van der Waals surface area contributed by atoms with Crippen molar-refractivity contribution in [1.29, 1.82) is 0 Å². The summed E-state index contributed by atoms with van der Waals surface area (Å²) < 4.78 is 68.3. The highest BCUT2D eigenvalue weighted by atomic mass is 31.2. The fraction of sp³-hybridized carbons (Fsp3) is 0.671. The average molecular weight is 1420 g/mol. The molecular formula is C79H132O17P2. The molecule has 0 aromatic rings. The molecule has 19 heteroatoms. The number of carbonyl (C=O) groups is 4. The molecule has 0 rings (SSSR count). The van der Waals surface area contributed by atoms with Crippen molar-refractivity contribution < 1.29 is 80.2 Å². The molecule has 0 heterocycles. The number of phosphoric ester groups is 2. The van der Waals surface area contributed by atoms with E-state index in [2.05, 4.69) is 137 Å². The molecule has 0 aromatic carbocycles. The van der Waals surface area contributed by atoms with Gasteiger partial charge in [0.15, 0.2) is 12.2 Å². The van der Waals surface area contributed by atoms with Crippen LogP contribution in [0.3, 0.4) is 0 Å². The third kappa shape index (κ3) is 69.7. The molecule has 0 bridgehead atoms. The quantitative estimate of drug-likeness (QED) is 0.0169. The predicted octanol–water partition coefficient (Wildman–Crippen LogP) is 21.3. The van der Waals surface area contributed by atoms with Gasteiger partial charge in [-0.2, -0.15) is 0 Å². The molecule has 0 aliphatic rings. The van der Waals surface area contributed by atoms with E-state index < -0.39 is 97.5 Å². The smallest absolute Gasteiger partial charge is 0.462 e. The van der Waals surface area contributed by atoms with E-state index in [1.807, 2.05) is 18.2 Å². The van der Waals surface area contributed by atoms with Gasteiger partial charge in [-0.25, -0.2) is 9.13 Å². The molecule has 3 N–H and O–H groups in total. The lowest BCUT2D eigenvalue weighted by atomic mass is 10.1. The van der Waals surface area contributed by atoms with Crippen LogP contribution in [-0.2, 0) is 65.4 Å². The van der Waals surface area contributed by atoms with Gasteiger partial charge in [0.1, 0.15) is 19.3 Å². The number of allylic oxidation sites excluding steroid dienone is 21. The van der Waals surface area contributed by atoms with Gasteiger partial charge in [-0.3, -0.25) is 37.3 Å². The molecule has 0 saturated carbocycles. The molecule has 0 aliphatic carbocycles. The number of ether oxygens (including phenoxy) is 4. The zero-order chi connectivity index (χ0) is 71.8. The van der Waals surface area contributed by atoms with E-state index in [9.17, 15) is 43.2 Å². The standard InChI is InChI=1S/C79H132O17P2/c1-5-9-13-17-21-25-29-33-36-40-43-47-51-55-59-63-76(81)89-69-74(95-78(83)65-61-57-53-49-45-39-32-28-24-20-16-12-8-4)71-93-97(85,86)91-67-73(80)68-92-98(87,88)94-72-75(96-79(84)66-62-58-54-50-46-42-38-35-31-27-23-19-15-11-7-3)70-90-77(82)64-60-56-52-48-44-41-37-34-30-26-22-18-14-10-6-2/h10,14,16,20-23,25-28,32-38,44,48,56,60,73-75,80H,5-9,11-13,15,17-19,24,29-31,39-43,45-47,49-55,57-59,61-72H2,1-4H3,(H,85,86)(H,87,88)/b14-10-,20-16-,25-21-,26-22-,27-23-,32-28-,36-33-,37-34-,38-35-,48-44-,60-56-. The first-order chi connectivity index (χ1) is 47.7. The lowest BCUT2D eigenvalue weighted by Gasteiger charge is -2.21.